The van der Waals surface area contributed by atoms with Crippen molar-refractivity contribution in [1.82, 2.24) is 5.32 Å². The molecule has 2 rings (SSSR count). The van der Waals surface area contributed by atoms with E-state index in [9.17, 15) is 24.3 Å². The van der Waals surface area contributed by atoms with E-state index in [1.54, 1.807) is 24.3 Å². The molecule has 0 fully saturated rings. The van der Waals surface area contributed by atoms with Crippen LogP contribution in [0.2, 0.25) is 0 Å². The van der Waals surface area contributed by atoms with E-state index in [0.717, 1.165) is 0 Å². The van der Waals surface area contributed by atoms with Crippen molar-refractivity contribution in [2.24, 2.45) is 17.8 Å². The second-order valence-electron chi connectivity index (χ2n) is 7.93. The van der Waals surface area contributed by atoms with Crippen molar-refractivity contribution < 1.29 is 24.3 Å². The zero-order valence-corrected chi connectivity index (χ0v) is 17.8. The number of allylic oxidation sites excluding steroid dienone is 1. The van der Waals surface area contributed by atoms with E-state index in [1.807, 2.05) is 13.8 Å². The molecule has 8 heteroatoms. The summed E-state index contributed by atoms with van der Waals surface area (Å²) in [5, 5.41) is 12.2. The zero-order valence-electron chi connectivity index (χ0n) is 17.8. The Morgan fingerprint density at radius 3 is 2.00 bits per heavy atom. The Morgan fingerprint density at radius 2 is 1.60 bits per heavy atom. The highest BCUT2D eigenvalue weighted by molar-refractivity contribution is 6.21. The predicted octanol–water partition coefficient (Wildman–Crippen LogP) is 2.05. The number of likely N-dealkylation sites (N-methyl/N-ethyl adjacent to an activating group) is 2. The molecule has 1 aromatic carbocycles. The van der Waals surface area contributed by atoms with Gasteiger partial charge in [0.15, 0.2) is 6.04 Å². The molecule has 0 saturated heterocycles. The van der Waals surface area contributed by atoms with Gasteiger partial charge in [0.05, 0.1) is 23.2 Å². The number of rotatable bonds is 8. The van der Waals surface area contributed by atoms with Crippen molar-refractivity contribution in [1.29, 1.82) is 0 Å². The first kappa shape index (κ1) is 23.1. The van der Waals surface area contributed by atoms with Crippen LogP contribution in [-0.2, 0) is 19.2 Å². The molecule has 0 spiro atoms. The van der Waals surface area contributed by atoms with E-state index in [-0.39, 0.29) is 12.3 Å². The summed E-state index contributed by atoms with van der Waals surface area (Å²) in [7, 11) is 3.08. The van der Waals surface area contributed by atoms with Gasteiger partial charge in [-0.05, 0) is 30.9 Å². The quantitative estimate of drug-likeness (QED) is 0.499. The molecule has 2 atom stereocenters. The smallest absolute Gasteiger partial charge is 0.307 e. The summed E-state index contributed by atoms with van der Waals surface area (Å²) in [6.45, 7) is 7.35. The summed E-state index contributed by atoms with van der Waals surface area (Å²) >= 11 is 0. The number of carboxylic acid groups (broad SMARTS) is 1. The number of nitrogens with zero attached hydrogens (tertiary/aromatic N) is 2. The van der Waals surface area contributed by atoms with E-state index < -0.39 is 41.6 Å². The number of fused-ring (bicyclic) bond motifs is 1. The molecule has 2 N–H and O–H groups in total. The Balaban J connectivity index is 2.36. The first-order valence-electron chi connectivity index (χ1n) is 9.88. The average molecular weight is 415 g/mol. The van der Waals surface area contributed by atoms with Crippen molar-refractivity contribution >= 4 is 35.1 Å². The minimum atomic E-state index is -1.44. The van der Waals surface area contributed by atoms with Crippen LogP contribution in [0.4, 0.5) is 11.4 Å². The third-order valence-electron chi connectivity index (χ3n) is 5.33. The summed E-state index contributed by atoms with van der Waals surface area (Å²) in [5.41, 5.74) is 1.09. The van der Waals surface area contributed by atoms with Gasteiger partial charge in [0.25, 0.3) is 11.8 Å². The van der Waals surface area contributed by atoms with Crippen molar-refractivity contribution in [2.45, 2.75) is 32.7 Å². The maximum absolute atomic E-state index is 13.1. The second-order valence-corrected chi connectivity index (χ2v) is 7.93. The molecule has 0 aliphatic carbocycles. The van der Waals surface area contributed by atoms with Crippen LogP contribution >= 0.6 is 0 Å². The third kappa shape index (κ3) is 4.69. The second kappa shape index (κ2) is 9.56. The number of aliphatic carboxylic acids is 1. The van der Waals surface area contributed by atoms with Crippen LogP contribution in [-0.4, -0.2) is 48.9 Å². The van der Waals surface area contributed by atoms with Crippen molar-refractivity contribution in [2.75, 3.05) is 23.9 Å². The number of hydrogen-bond acceptors (Lipinski definition) is 4. The van der Waals surface area contributed by atoms with Crippen molar-refractivity contribution in [3.05, 3.63) is 36.9 Å². The normalized spacial score (nSPS) is 16.7. The molecule has 30 heavy (non-hydrogen) atoms. The summed E-state index contributed by atoms with van der Waals surface area (Å²) in [5.74, 6) is -4.75. The van der Waals surface area contributed by atoms with Crippen LogP contribution in [0.1, 0.15) is 26.7 Å². The predicted molar refractivity (Wildman–Crippen MR) is 114 cm³/mol. The van der Waals surface area contributed by atoms with E-state index in [0.29, 0.717) is 17.8 Å². The van der Waals surface area contributed by atoms with Gasteiger partial charge in [0.2, 0.25) is 5.91 Å². The molecule has 0 unspecified atom stereocenters. The number of carboxylic acids is 1. The number of carbonyl (C=O) groups excluding carboxylic acids is 3. The minimum absolute atomic E-state index is 0.0440. The Morgan fingerprint density at radius 1 is 1.10 bits per heavy atom. The third-order valence-corrected chi connectivity index (χ3v) is 5.33. The highest BCUT2D eigenvalue weighted by Crippen LogP contribution is 2.32. The van der Waals surface area contributed by atoms with Crippen LogP contribution < -0.4 is 15.1 Å². The lowest BCUT2D eigenvalue weighted by molar-refractivity contribution is -0.148. The fourth-order valence-electron chi connectivity index (χ4n) is 3.71. The molecule has 1 aromatic rings. The minimum Gasteiger partial charge on any atom is -0.481 e. The van der Waals surface area contributed by atoms with Gasteiger partial charge in [-0.2, -0.15) is 0 Å². The molecular weight excluding hydrogens is 386 g/mol. The van der Waals surface area contributed by atoms with E-state index in [4.69, 9.17) is 0 Å². The topological polar surface area (TPSA) is 107 Å². The molecule has 1 heterocycles. The monoisotopic (exact) mass is 415 g/mol. The highest BCUT2D eigenvalue weighted by Gasteiger charge is 2.41. The number of nitrogens with one attached hydrogen (secondary N) is 1. The van der Waals surface area contributed by atoms with E-state index >= 15 is 0 Å². The van der Waals surface area contributed by atoms with Gasteiger partial charge >= 0.3 is 5.97 Å². The molecule has 3 amide bonds. The summed E-state index contributed by atoms with van der Waals surface area (Å²) in [6.07, 6.45) is 1.87. The average Bonchev–Trinajstić information content (AvgIpc) is 2.76. The van der Waals surface area contributed by atoms with Crippen LogP contribution in [0, 0.1) is 17.8 Å². The number of amides is 3. The first-order valence-corrected chi connectivity index (χ1v) is 9.88. The standard InChI is InChI=1S/C22H29N3O5/c1-6-9-14(22(29)30)15(12-13(2)3)19(26)23-18-20(27)24(4)16-10-7-8-11-17(16)25(5)21(18)28/h6-8,10-11,13-15,18H,1,9,12H2,2-5H3,(H,23,26)(H,29,30)/t14-,15+/m0/s1. The molecule has 0 bridgehead atoms. The van der Waals surface area contributed by atoms with Gasteiger partial charge in [-0.1, -0.05) is 32.1 Å². The lowest BCUT2D eigenvalue weighted by Crippen LogP contribution is -2.56. The number of benzene rings is 1. The fourth-order valence-corrected chi connectivity index (χ4v) is 3.71. The maximum Gasteiger partial charge on any atom is 0.307 e. The molecular formula is C22H29N3O5. The highest BCUT2D eigenvalue weighted by atomic mass is 16.4. The van der Waals surface area contributed by atoms with Crippen LogP contribution in [0.15, 0.2) is 36.9 Å². The first-order chi connectivity index (χ1) is 14.1. The van der Waals surface area contributed by atoms with Gasteiger partial charge in [-0.15, -0.1) is 6.58 Å². The molecule has 0 saturated carbocycles. The summed E-state index contributed by atoms with van der Waals surface area (Å²) < 4.78 is 0. The summed E-state index contributed by atoms with van der Waals surface area (Å²) in [6, 6.07) is 5.50. The lowest BCUT2D eigenvalue weighted by Gasteiger charge is -2.27. The summed E-state index contributed by atoms with van der Waals surface area (Å²) in [4.78, 5) is 53.5. The van der Waals surface area contributed by atoms with Gasteiger partial charge in [0, 0.05) is 14.1 Å². The Labute approximate surface area is 176 Å². The number of hydrogen-bond donors (Lipinski definition) is 2. The Hall–Kier alpha value is -3.16. The van der Waals surface area contributed by atoms with Crippen LogP contribution in [0.3, 0.4) is 0 Å². The molecule has 162 valence electrons. The number of carbonyl (C=O) groups is 4. The van der Waals surface area contributed by atoms with E-state index in [2.05, 4.69) is 11.9 Å². The molecule has 1 aliphatic rings. The molecule has 0 aromatic heterocycles. The van der Waals surface area contributed by atoms with Crippen molar-refractivity contribution in [3.8, 4) is 0 Å². The van der Waals surface area contributed by atoms with E-state index in [1.165, 1.54) is 30.0 Å². The SMILES string of the molecule is C=CC[C@H](C(=O)O)[C@@H](CC(C)C)C(=O)NC1C(=O)N(C)c2ccccc2N(C)C1=O. The maximum atomic E-state index is 13.1. The van der Waals surface area contributed by atoms with Crippen LogP contribution in [0.5, 0.6) is 0 Å². The Bertz CT molecular complexity index is 810. The van der Waals surface area contributed by atoms with Gasteiger partial charge in [0.1, 0.15) is 0 Å². The molecule has 8 nitrogen and oxygen atoms in total. The number of para-hydroxylation sites is 2. The largest absolute Gasteiger partial charge is 0.481 e. The fraction of sp³-hybridized carbons (Fsp3) is 0.455. The van der Waals surface area contributed by atoms with Gasteiger partial charge < -0.3 is 20.2 Å². The zero-order chi connectivity index (χ0) is 22.6. The molecule has 0 radical (unpaired) electrons. The Kier molecular flexibility index (Phi) is 7.37. The van der Waals surface area contributed by atoms with Gasteiger partial charge in [-0.3, -0.25) is 19.2 Å². The van der Waals surface area contributed by atoms with Crippen LogP contribution in [0.25, 0.3) is 0 Å². The van der Waals surface area contributed by atoms with Crippen molar-refractivity contribution in [3.63, 3.8) is 0 Å². The molecule has 1 aliphatic heterocycles. The van der Waals surface area contributed by atoms with Gasteiger partial charge in [-0.25, -0.2) is 0 Å². The lowest BCUT2D eigenvalue weighted by atomic mass is 9.82. The number of anilines is 2.